The van der Waals surface area contributed by atoms with Crippen LogP contribution in [0.5, 0.6) is 0 Å². The normalized spacial score (nSPS) is 14.2. The quantitative estimate of drug-likeness (QED) is 0.616. The number of carboxylic acid groups (broad SMARTS) is 1. The van der Waals surface area contributed by atoms with Gasteiger partial charge in [-0.3, -0.25) is 14.9 Å². The molecule has 3 N–H and O–H groups in total. The zero-order valence-corrected chi connectivity index (χ0v) is 8.99. The van der Waals surface area contributed by atoms with Gasteiger partial charge in [0.1, 0.15) is 0 Å². The summed E-state index contributed by atoms with van der Waals surface area (Å²) in [5, 5.41) is 13.1. The fourth-order valence-electron chi connectivity index (χ4n) is 1.19. The van der Waals surface area contributed by atoms with Gasteiger partial charge in [0.2, 0.25) is 5.91 Å². The molecule has 0 atom stereocenters. The number of hydrogen-bond acceptors (Lipinski definition) is 3. The number of amides is 3. The van der Waals surface area contributed by atoms with E-state index in [-0.39, 0.29) is 19.3 Å². The number of carbonyl (C=O) groups excluding carboxylic acids is 2. The maximum absolute atomic E-state index is 11.1. The Balaban J connectivity index is 2.02. The van der Waals surface area contributed by atoms with Gasteiger partial charge >= 0.3 is 12.0 Å². The average Bonchev–Trinajstić information content (AvgIpc) is 2.97. The summed E-state index contributed by atoms with van der Waals surface area (Å²) in [5.41, 5.74) is 0. The molecule has 0 heterocycles. The van der Waals surface area contributed by atoms with Crippen molar-refractivity contribution in [3.8, 4) is 0 Å². The lowest BCUT2D eigenvalue weighted by Gasteiger charge is -2.05. The number of rotatable bonds is 6. The average molecular weight is 228 g/mol. The summed E-state index contributed by atoms with van der Waals surface area (Å²) in [6.07, 6.45) is 2.51. The van der Waals surface area contributed by atoms with E-state index in [2.05, 4.69) is 10.6 Å². The van der Waals surface area contributed by atoms with Crippen molar-refractivity contribution in [3.05, 3.63) is 0 Å². The van der Waals surface area contributed by atoms with E-state index in [0.29, 0.717) is 12.5 Å². The van der Waals surface area contributed by atoms with E-state index in [9.17, 15) is 14.4 Å². The molecule has 0 saturated heterocycles. The lowest BCUT2D eigenvalue weighted by molar-refractivity contribution is -0.137. The number of aliphatic carboxylic acids is 1. The molecule has 6 heteroatoms. The molecular weight excluding hydrogens is 212 g/mol. The summed E-state index contributed by atoms with van der Waals surface area (Å²) < 4.78 is 0. The fraction of sp³-hybridized carbons (Fsp3) is 0.700. The van der Waals surface area contributed by atoms with Gasteiger partial charge in [0, 0.05) is 19.4 Å². The van der Waals surface area contributed by atoms with Crippen molar-refractivity contribution in [2.24, 2.45) is 5.92 Å². The highest BCUT2D eigenvalue weighted by molar-refractivity contribution is 5.94. The van der Waals surface area contributed by atoms with Crippen molar-refractivity contribution in [1.29, 1.82) is 0 Å². The molecule has 3 amide bonds. The van der Waals surface area contributed by atoms with Crippen LogP contribution in [-0.2, 0) is 9.59 Å². The van der Waals surface area contributed by atoms with Crippen molar-refractivity contribution >= 4 is 17.9 Å². The van der Waals surface area contributed by atoms with Crippen molar-refractivity contribution in [2.75, 3.05) is 6.54 Å². The maximum Gasteiger partial charge on any atom is 0.321 e. The van der Waals surface area contributed by atoms with Crippen LogP contribution in [0.25, 0.3) is 0 Å². The van der Waals surface area contributed by atoms with Gasteiger partial charge in [-0.25, -0.2) is 4.79 Å². The highest BCUT2D eigenvalue weighted by Crippen LogP contribution is 2.27. The van der Waals surface area contributed by atoms with Crippen LogP contribution in [0.4, 0.5) is 4.79 Å². The number of hydrogen-bond donors (Lipinski definition) is 3. The molecule has 1 fully saturated rings. The molecule has 0 aromatic heterocycles. The predicted molar refractivity (Wildman–Crippen MR) is 55.8 cm³/mol. The molecule has 6 nitrogen and oxygen atoms in total. The second-order valence-corrected chi connectivity index (χ2v) is 3.95. The van der Waals surface area contributed by atoms with E-state index < -0.39 is 17.9 Å². The van der Waals surface area contributed by atoms with E-state index >= 15 is 0 Å². The van der Waals surface area contributed by atoms with Crippen LogP contribution in [0.1, 0.15) is 32.1 Å². The summed E-state index contributed by atoms with van der Waals surface area (Å²) in [6, 6.07) is -0.493. The van der Waals surface area contributed by atoms with Gasteiger partial charge in [-0.1, -0.05) is 0 Å². The Morgan fingerprint density at radius 2 is 1.88 bits per heavy atom. The van der Waals surface area contributed by atoms with E-state index in [4.69, 9.17) is 5.11 Å². The van der Waals surface area contributed by atoms with Crippen molar-refractivity contribution in [3.63, 3.8) is 0 Å². The third kappa shape index (κ3) is 6.00. The molecular formula is C10H16N2O4. The smallest absolute Gasteiger partial charge is 0.321 e. The van der Waals surface area contributed by atoms with E-state index in [1.165, 1.54) is 0 Å². The van der Waals surface area contributed by atoms with E-state index in [1.54, 1.807) is 0 Å². The summed E-state index contributed by atoms with van der Waals surface area (Å²) in [5.74, 6) is -0.812. The Morgan fingerprint density at radius 1 is 1.19 bits per heavy atom. The second-order valence-electron chi connectivity index (χ2n) is 3.95. The third-order valence-electron chi connectivity index (χ3n) is 2.30. The standard InChI is InChI=1S/C10H16N2O4/c13-8(2-1-3-9(14)15)12-10(16)11-6-7-4-5-7/h7H,1-6H2,(H,14,15)(H2,11,12,13,16). The molecule has 0 bridgehead atoms. The number of carbonyl (C=O) groups is 3. The Labute approximate surface area is 93.4 Å². The van der Waals surface area contributed by atoms with Gasteiger partial charge in [0.05, 0.1) is 0 Å². The lowest BCUT2D eigenvalue weighted by Crippen LogP contribution is -2.40. The van der Waals surface area contributed by atoms with Crippen LogP contribution in [0, 0.1) is 5.92 Å². The minimum atomic E-state index is -0.939. The zero-order chi connectivity index (χ0) is 12.0. The van der Waals surface area contributed by atoms with Crippen molar-refractivity contribution in [1.82, 2.24) is 10.6 Å². The molecule has 1 aliphatic rings. The first-order valence-electron chi connectivity index (χ1n) is 5.37. The van der Waals surface area contributed by atoms with Gasteiger partial charge in [-0.2, -0.15) is 0 Å². The van der Waals surface area contributed by atoms with Crippen molar-refractivity contribution < 1.29 is 19.5 Å². The molecule has 1 aliphatic carbocycles. The predicted octanol–water partition coefficient (Wildman–Crippen LogP) is 0.477. The first kappa shape index (κ1) is 12.5. The number of carboxylic acids is 1. The minimum Gasteiger partial charge on any atom is -0.481 e. The molecule has 0 spiro atoms. The van der Waals surface area contributed by atoms with Gasteiger partial charge in [0.15, 0.2) is 0 Å². The van der Waals surface area contributed by atoms with Crippen LogP contribution in [0.15, 0.2) is 0 Å². The minimum absolute atomic E-state index is 0.0584. The Bertz CT molecular complexity index is 287. The third-order valence-corrected chi connectivity index (χ3v) is 2.30. The monoisotopic (exact) mass is 228 g/mol. The summed E-state index contributed by atoms with van der Waals surface area (Å²) in [4.78, 5) is 32.4. The van der Waals surface area contributed by atoms with E-state index in [0.717, 1.165) is 12.8 Å². The molecule has 0 radical (unpaired) electrons. The Kier molecular flexibility index (Phi) is 4.75. The highest BCUT2D eigenvalue weighted by Gasteiger charge is 2.21. The summed E-state index contributed by atoms with van der Waals surface area (Å²) in [7, 11) is 0. The second kappa shape index (κ2) is 6.09. The first-order chi connectivity index (χ1) is 7.58. The number of imide groups is 1. The molecule has 0 aromatic carbocycles. The maximum atomic E-state index is 11.1. The fourth-order valence-corrected chi connectivity index (χ4v) is 1.19. The van der Waals surface area contributed by atoms with Crippen LogP contribution < -0.4 is 10.6 Å². The molecule has 1 rings (SSSR count). The Hall–Kier alpha value is -1.59. The van der Waals surface area contributed by atoms with E-state index in [1.807, 2.05) is 0 Å². The number of urea groups is 1. The SMILES string of the molecule is O=C(O)CCCC(=O)NC(=O)NCC1CC1. The molecule has 0 aromatic rings. The van der Waals surface area contributed by atoms with Crippen molar-refractivity contribution in [2.45, 2.75) is 32.1 Å². The Morgan fingerprint density at radius 3 is 2.44 bits per heavy atom. The number of nitrogens with one attached hydrogen (secondary N) is 2. The highest BCUT2D eigenvalue weighted by atomic mass is 16.4. The molecule has 0 unspecified atom stereocenters. The zero-order valence-electron chi connectivity index (χ0n) is 8.99. The molecule has 90 valence electrons. The van der Waals surface area contributed by atoms with Crippen LogP contribution in [-0.4, -0.2) is 29.6 Å². The largest absolute Gasteiger partial charge is 0.481 e. The molecule has 1 saturated carbocycles. The van der Waals surface area contributed by atoms with Gasteiger partial charge in [-0.15, -0.1) is 0 Å². The van der Waals surface area contributed by atoms with Gasteiger partial charge in [-0.05, 0) is 25.2 Å². The summed E-state index contributed by atoms with van der Waals surface area (Å²) >= 11 is 0. The lowest BCUT2D eigenvalue weighted by atomic mass is 10.2. The topological polar surface area (TPSA) is 95.5 Å². The van der Waals surface area contributed by atoms with Crippen LogP contribution in [0.2, 0.25) is 0 Å². The molecule has 16 heavy (non-hydrogen) atoms. The molecule has 0 aliphatic heterocycles. The summed E-state index contributed by atoms with van der Waals surface area (Å²) in [6.45, 7) is 0.605. The van der Waals surface area contributed by atoms with Crippen LogP contribution >= 0.6 is 0 Å². The van der Waals surface area contributed by atoms with Gasteiger partial charge in [0.25, 0.3) is 0 Å². The van der Waals surface area contributed by atoms with Gasteiger partial charge < -0.3 is 10.4 Å². The first-order valence-corrected chi connectivity index (χ1v) is 5.37. The van der Waals surface area contributed by atoms with Crippen LogP contribution in [0.3, 0.4) is 0 Å².